The SMILES string of the molecule is O=C(/C=C/c1ccc(NCCOc2cccc(CN3CCCC3)c2)nc1)NOC1CCCCO1.[HH].[HH]. The smallest absolute Gasteiger partial charge is 0.267 e. The molecular weight excluding hydrogens is 432 g/mol. The molecule has 1 aromatic carbocycles. The summed E-state index contributed by atoms with van der Waals surface area (Å²) in [5.41, 5.74) is 4.52. The van der Waals surface area contributed by atoms with Crippen LogP contribution in [0.25, 0.3) is 6.08 Å². The van der Waals surface area contributed by atoms with Crippen LogP contribution in [0.2, 0.25) is 0 Å². The summed E-state index contributed by atoms with van der Waals surface area (Å²) in [6.07, 6.45) is 9.92. The van der Waals surface area contributed by atoms with Crippen LogP contribution in [0.5, 0.6) is 5.75 Å². The summed E-state index contributed by atoms with van der Waals surface area (Å²) in [5, 5.41) is 3.26. The van der Waals surface area contributed by atoms with Gasteiger partial charge in [0.15, 0.2) is 6.29 Å². The minimum absolute atomic E-state index is 0. The summed E-state index contributed by atoms with van der Waals surface area (Å²) in [6, 6.07) is 12.1. The molecule has 0 radical (unpaired) electrons. The van der Waals surface area contributed by atoms with Crippen LogP contribution in [0, 0.1) is 0 Å². The fraction of sp³-hybridized carbons (Fsp3) is 0.462. The summed E-state index contributed by atoms with van der Waals surface area (Å²) < 4.78 is 11.3. The van der Waals surface area contributed by atoms with Gasteiger partial charge in [-0.15, -0.1) is 0 Å². The second-order valence-corrected chi connectivity index (χ2v) is 8.60. The van der Waals surface area contributed by atoms with Crippen LogP contribution in [0.1, 0.15) is 46.1 Å². The number of carbonyl (C=O) groups is 1. The number of carbonyl (C=O) groups excluding carboxylic acids is 1. The molecule has 8 nitrogen and oxygen atoms in total. The Morgan fingerprint density at radius 2 is 2.12 bits per heavy atom. The summed E-state index contributed by atoms with van der Waals surface area (Å²) in [5.74, 6) is 1.31. The molecule has 0 spiro atoms. The molecule has 0 bridgehead atoms. The van der Waals surface area contributed by atoms with E-state index in [9.17, 15) is 4.79 Å². The number of amides is 1. The lowest BCUT2D eigenvalue weighted by molar-refractivity contribution is -0.198. The lowest BCUT2D eigenvalue weighted by atomic mass is 10.2. The van der Waals surface area contributed by atoms with E-state index in [1.807, 2.05) is 18.2 Å². The average Bonchev–Trinajstić information content (AvgIpc) is 3.39. The fourth-order valence-corrected chi connectivity index (χ4v) is 4.02. The van der Waals surface area contributed by atoms with E-state index >= 15 is 0 Å². The Morgan fingerprint density at radius 3 is 2.91 bits per heavy atom. The van der Waals surface area contributed by atoms with E-state index in [2.05, 4.69) is 38.9 Å². The molecule has 3 heterocycles. The third-order valence-electron chi connectivity index (χ3n) is 5.82. The van der Waals surface area contributed by atoms with E-state index in [0.717, 1.165) is 42.9 Å². The van der Waals surface area contributed by atoms with Crippen molar-refractivity contribution in [2.75, 3.05) is 38.2 Å². The highest BCUT2D eigenvalue weighted by molar-refractivity contribution is 5.90. The Balaban J connectivity index is 0.00000228. The molecular formula is C26H38N4O4. The Bertz CT molecular complexity index is 934. The van der Waals surface area contributed by atoms with Gasteiger partial charge in [-0.2, -0.15) is 0 Å². The molecule has 2 fully saturated rings. The van der Waals surface area contributed by atoms with Crippen molar-refractivity contribution in [3.8, 4) is 5.75 Å². The highest BCUT2D eigenvalue weighted by Gasteiger charge is 2.15. The van der Waals surface area contributed by atoms with E-state index in [4.69, 9.17) is 14.3 Å². The van der Waals surface area contributed by atoms with E-state index in [1.165, 1.54) is 37.6 Å². The number of ether oxygens (including phenoxy) is 2. The number of benzene rings is 1. The second-order valence-electron chi connectivity index (χ2n) is 8.60. The van der Waals surface area contributed by atoms with Gasteiger partial charge >= 0.3 is 0 Å². The molecule has 1 atom stereocenters. The van der Waals surface area contributed by atoms with Gasteiger partial charge in [-0.1, -0.05) is 12.1 Å². The van der Waals surface area contributed by atoms with Crippen molar-refractivity contribution >= 4 is 17.8 Å². The van der Waals surface area contributed by atoms with Gasteiger partial charge in [-0.25, -0.2) is 15.3 Å². The van der Waals surface area contributed by atoms with Crippen molar-refractivity contribution in [3.05, 3.63) is 59.8 Å². The van der Waals surface area contributed by atoms with Crippen molar-refractivity contribution in [1.82, 2.24) is 15.4 Å². The zero-order valence-electron chi connectivity index (χ0n) is 19.6. The van der Waals surface area contributed by atoms with Gasteiger partial charge in [-0.3, -0.25) is 9.69 Å². The first-order chi connectivity index (χ1) is 16.7. The average molecular weight is 471 g/mol. The van der Waals surface area contributed by atoms with Gasteiger partial charge in [0.25, 0.3) is 5.91 Å². The number of hydroxylamine groups is 1. The molecule has 2 N–H and O–H groups in total. The molecule has 2 saturated heterocycles. The topological polar surface area (TPSA) is 85.0 Å². The van der Waals surface area contributed by atoms with Crippen LogP contribution in [0.15, 0.2) is 48.7 Å². The Hall–Kier alpha value is -2.94. The van der Waals surface area contributed by atoms with Gasteiger partial charge in [-0.05, 0) is 80.2 Å². The number of likely N-dealkylation sites (tertiary alicyclic amines) is 1. The lowest BCUT2D eigenvalue weighted by Gasteiger charge is -2.21. The summed E-state index contributed by atoms with van der Waals surface area (Å²) in [6.45, 7) is 5.22. The Morgan fingerprint density at radius 1 is 1.21 bits per heavy atom. The molecule has 0 saturated carbocycles. The molecule has 8 heteroatoms. The Labute approximate surface area is 204 Å². The maximum Gasteiger partial charge on any atom is 0.267 e. The molecule has 2 aliphatic heterocycles. The van der Waals surface area contributed by atoms with E-state index in [-0.39, 0.29) is 15.1 Å². The normalized spacial score (nSPS) is 18.8. The van der Waals surface area contributed by atoms with E-state index in [1.54, 1.807) is 12.3 Å². The number of aromatic nitrogens is 1. The van der Waals surface area contributed by atoms with Crippen LogP contribution in [-0.2, 0) is 20.9 Å². The van der Waals surface area contributed by atoms with Gasteiger partial charge in [0.2, 0.25) is 0 Å². The number of pyridine rings is 1. The molecule has 1 unspecified atom stereocenters. The zero-order valence-corrected chi connectivity index (χ0v) is 19.6. The molecule has 34 heavy (non-hydrogen) atoms. The highest BCUT2D eigenvalue weighted by Crippen LogP contribution is 2.18. The quantitative estimate of drug-likeness (QED) is 0.289. The Kier molecular flexibility index (Phi) is 9.30. The van der Waals surface area contributed by atoms with Crippen molar-refractivity contribution in [1.29, 1.82) is 0 Å². The monoisotopic (exact) mass is 470 g/mol. The zero-order chi connectivity index (χ0) is 23.4. The van der Waals surface area contributed by atoms with Crippen LogP contribution in [-0.4, -0.2) is 54.9 Å². The standard InChI is InChI=1S/C26H34N4O4.2H2/c31-25(29-34-26-8-1-4-16-33-26)12-10-21-9-11-24(28-19-21)27-13-17-32-23-7-5-6-22(18-23)20-30-14-2-3-15-30;;/h5-7,9-12,18-19,26H,1-4,8,13-17,20H2,(H,27,28)(H,29,31);2*1H/b12-10+;;. The molecule has 2 aromatic rings. The highest BCUT2D eigenvalue weighted by atomic mass is 16.8. The number of hydrogen-bond acceptors (Lipinski definition) is 7. The first-order valence-corrected chi connectivity index (χ1v) is 12.1. The molecule has 4 rings (SSSR count). The van der Waals surface area contributed by atoms with Gasteiger partial charge in [0, 0.05) is 34.7 Å². The number of nitrogens with zero attached hydrogens (tertiary/aromatic N) is 2. The first kappa shape index (κ1) is 24.2. The third-order valence-corrected chi connectivity index (χ3v) is 5.82. The van der Waals surface area contributed by atoms with Crippen molar-refractivity contribution in [2.24, 2.45) is 0 Å². The number of anilines is 1. The predicted octanol–water partition coefficient (Wildman–Crippen LogP) is 4.25. The molecule has 186 valence electrons. The van der Waals surface area contributed by atoms with Crippen LogP contribution >= 0.6 is 0 Å². The second kappa shape index (κ2) is 13.1. The van der Waals surface area contributed by atoms with Crippen LogP contribution < -0.4 is 15.5 Å². The molecule has 1 aromatic heterocycles. The number of nitrogens with one attached hydrogen (secondary N) is 2. The lowest BCUT2D eigenvalue weighted by Crippen LogP contribution is -2.32. The van der Waals surface area contributed by atoms with Crippen molar-refractivity contribution in [2.45, 2.75) is 44.9 Å². The van der Waals surface area contributed by atoms with Crippen molar-refractivity contribution < 1.29 is 22.0 Å². The summed E-state index contributed by atoms with van der Waals surface area (Å²) in [7, 11) is 0. The largest absolute Gasteiger partial charge is 0.492 e. The van der Waals surface area contributed by atoms with Crippen LogP contribution in [0.4, 0.5) is 5.82 Å². The minimum Gasteiger partial charge on any atom is -0.492 e. The maximum atomic E-state index is 11.9. The molecule has 1 amide bonds. The van der Waals surface area contributed by atoms with Crippen molar-refractivity contribution in [3.63, 3.8) is 0 Å². The summed E-state index contributed by atoms with van der Waals surface area (Å²) >= 11 is 0. The molecule has 2 aliphatic rings. The number of rotatable bonds is 11. The maximum absolute atomic E-state index is 11.9. The third kappa shape index (κ3) is 8.13. The van der Waals surface area contributed by atoms with E-state index in [0.29, 0.717) is 19.8 Å². The first-order valence-electron chi connectivity index (χ1n) is 12.1. The summed E-state index contributed by atoms with van der Waals surface area (Å²) in [4.78, 5) is 24.0. The van der Waals surface area contributed by atoms with Gasteiger partial charge < -0.3 is 14.8 Å². The fourth-order valence-electron chi connectivity index (χ4n) is 4.02. The van der Waals surface area contributed by atoms with Gasteiger partial charge in [0.05, 0.1) is 6.54 Å². The van der Waals surface area contributed by atoms with Gasteiger partial charge in [0.1, 0.15) is 18.2 Å². The minimum atomic E-state index is -0.360. The van der Waals surface area contributed by atoms with E-state index < -0.39 is 0 Å². The molecule has 0 aliphatic carbocycles. The number of hydrogen-bond donors (Lipinski definition) is 2. The van der Waals surface area contributed by atoms with Crippen LogP contribution in [0.3, 0.4) is 0 Å². The predicted molar refractivity (Wildman–Crippen MR) is 135 cm³/mol.